The lowest BCUT2D eigenvalue weighted by atomic mass is 9.74. The number of alkyl halides is 4. The monoisotopic (exact) mass is 242 g/mol. The minimum absolute atomic E-state index is 0.340. The van der Waals surface area contributed by atoms with Crippen molar-refractivity contribution in [3.8, 4) is 0 Å². The Morgan fingerprint density at radius 3 is 2.53 bits per heavy atom. The van der Waals surface area contributed by atoms with E-state index in [0.717, 1.165) is 0 Å². The second-order valence-corrected chi connectivity index (χ2v) is 4.90. The molecule has 0 aromatic rings. The van der Waals surface area contributed by atoms with E-state index in [0.29, 0.717) is 6.42 Å². The number of hydrogen-bond acceptors (Lipinski definition) is 2. The highest BCUT2D eigenvalue weighted by molar-refractivity contribution is 6.26. The molecule has 0 aliphatic heterocycles. The predicted molar refractivity (Wildman–Crippen MR) is 46.7 cm³/mol. The van der Waals surface area contributed by atoms with Gasteiger partial charge < -0.3 is 4.74 Å². The number of esters is 1. The van der Waals surface area contributed by atoms with Crippen molar-refractivity contribution in [1.82, 2.24) is 0 Å². The molecule has 15 heavy (non-hydrogen) atoms. The van der Waals surface area contributed by atoms with Crippen LogP contribution in [0.5, 0.6) is 0 Å². The first-order valence-corrected chi connectivity index (χ1v) is 4.99. The van der Waals surface area contributed by atoms with Gasteiger partial charge in [0.15, 0.2) is 6.17 Å². The van der Waals surface area contributed by atoms with Crippen molar-refractivity contribution in [2.24, 2.45) is 11.8 Å². The Morgan fingerprint density at radius 2 is 2.13 bits per heavy atom. The van der Waals surface area contributed by atoms with Crippen LogP contribution < -0.4 is 0 Å². The molecule has 2 aliphatic carbocycles. The summed E-state index contributed by atoms with van der Waals surface area (Å²) in [6.07, 6.45) is -2.71. The number of rotatable bonds is 2. The van der Waals surface area contributed by atoms with Gasteiger partial charge in [-0.3, -0.25) is 4.79 Å². The maximum atomic E-state index is 13.1. The number of ether oxygens (including phenoxy) is 1. The Bertz CT molecular complexity index is 310. The van der Waals surface area contributed by atoms with Crippen molar-refractivity contribution >= 4 is 17.6 Å². The van der Waals surface area contributed by atoms with Crippen molar-refractivity contribution < 1.29 is 22.7 Å². The van der Waals surface area contributed by atoms with E-state index in [2.05, 4.69) is 4.74 Å². The first kappa shape index (κ1) is 11.0. The molecule has 2 fully saturated rings. The lowest BCUT2D eigenvalue weighted by Gasteiger charge is -2.46. The molecule has 0 radical (unpaired) electrons. The molecule has 2 rings (SSSR count). The van der Waals surface area contributed by atoms with Crippen molar-refractivity contribution in [2.45, 2.75) is 29.8 Å². The van der Waals surface area contributed by atoms with Gasteiger partial charge in [-0.15, -0.1) is 11.6 Å². The van der Waals surface area contributed by atoms with Gasteiger partial charge in [-0.2, -0.15) is 0 Å². The maximum absolute atomic E-state index is 13.1. The first-order chi connectivity index (χ1) is 6.83. The van der Waals surface area contributed by atoms with Crippen LogP contribution in [0.15, 0.2) is 0 Å². The van der Waals surface area contributed by atoms with E-state index in [1.165, 1.54) is 7.11 Å². The zero-order chi connectivity index (χ0) is 11.4. The average Bonchev–Trinajstić information content (AvgIpc) is 2.95. The summed E-state index contributed by atoms with van der Waals surface area (Å²) < 4.78 is 42.9. The van der Waals surface area contributed by atoms with E-state index in [1.54, 1.807) is 0 Å². The summed E-state index contributed by atoms with van der Waals surface area (Å²) in [7, 11) is 1.21. The Kier molecular flexibility index (Phi) is 2.23. The summed E-state index contributed by atoms with van der Waals surface area (Å²) in [5.41, 5.74) is 0. The second-order valence-electron chi connectivity index (χ2n) is 4.20. The smallest absolute Gasteiger partial charge is 0.309 e. The van der Waals surface area contributed by atoms with E-state index < -0.39 is 41.2 Å². The van der Waals surface area contributed by atoms with E-state index in [4.69, 9.17) is 11.6 Å². The number of methoxy groups -OCH3 is 1. The van der Waals surface area contributed by atoms with Crippen molar-refractivity contribution in [1.29, 1.82) is 0 Å². The molecule has 0 N–H and O–H groups in total. The van der Waals surface area contributed by atoms with Gasteiger partial charge in [0.2, 0.25) is 0 Å². The summed E-state index contributed by atoms with van der Waals surface area (Å²) in [6.45, 7) is 0. The van der Waals surface area contributed by atoms with Crippen LogP contribution in [0.25, 0.3) is 0 Å². The SMILES string of the molecule is COC(=O)C1CC1C1(Cl)CC(F)(F)C1F. The van der Waals surface area contributed by atoms with Crippen LogP contribution in [0, 0.1) is 11.8 Å². The molecule has 0 heterocycles. The molecular weight excluding hydrogens is 233 g/mol. The molecule has 0 saturated heterocycles. The second kappa shape index (κ2) is 3.03. The van der Waals surface area contributed by atoms with E-state index >= 15 is 0 Å². The van der Waals surface area contributed by atoms with Crippen LogP contribution >= 0.6 is 11.6 Å². The van der Waals surface area contributed by atoms with E-state index in [9.17, 15) is 18.0 Å². The number of carbonyl (C=O) groups excluding carboxylic acids is 1. The largest absolute Gasteiger partial charge is 0.469 e. The molecule has 2 saturated carbocycles. The zero-order valence-corrected chi connectivity index (χ0v) is 8.73. The Balaban J connectivity index is 2.01. The van der Waals surface area contributed by atoms with Crippen molar-refractivity contribution in [2.75, 3.05) is 7.11 Å². The molecule has 2 nitrogen and oxygen atoms in total. The highest BCUT2D eigenvalue weighted by Crippen LogP contribution is 2.64. The molecule has 2 aliphatic rings. The molecule has 6 heteroatoms. The summed E-state index contributed by atoms with van der Waals surface area (Å²) in [5, 5.41) is 0. The lowest BCUT2D eigenvalue weighted by Crippen LogP contribution is -2.62. The molecule has 4 unspecified atom stereocenters. The summed E-state index contributed by atoms with van der Waals surface area (Å²) in [6, 6.07) is 0. The Labute approximate surface area is 89.7 Å². The summed E-state index contributed by atoms with van der Waals surface area (Å²) in [5.74, 6) is -4.86. The van der Waals surface area contributed by atoms with Crippen LogP contribution in [-0.2, 0) is 9.53 Å². The van der Waals surface area contributed by atoms with Crippen LogP contribution in [0.4, 0.5) is 13.2 Å². The Morgan fingerprint density at radius 1 is 1.53 bits per heavy atom. The minimum atomic E-state index is -3.34. The fourth-order valence-electron chi connectivity index (χ4n) is 2.22. The van der Waals surface area contributed by atoms with Crippen LogP contribution in [0.3, 0.4) is 0 Å². The van der Waals surface area contributed by atoms with Gasteiger partial charge in [0.05, 0.1) is 17.9 Å². The third kappa shape index (κ3) is 1.43. The zero-order valence-electron chi connectivity index (χ0n) is 7.97. The molecule has 0 aromatic heterocycles. The molecule has 0 amide bonds. The normalized spacial score (nSPS) is 46.9. The molecule has 0 bridgehead atoms. The Hall–Kier alpha value is -0.450. The quantitative estimate of drug-likeness (QED) is 0.548. The number of carbonyl (C=O) groups is 1. The summed E-state index contributed by atoms with van der Waals surface area (Å²) >= 11 is 5.77. The molecular formula is C9H10ClF3O2. The molecule has 0 aromatic carbocycles. The average molecular weight is 243 g/mol. The van der Waals surface area contributed by atoms with Gasteiger partial charge in [-0.1, -0.05) is 0 Å². The van der Waals surface area contributed by atoms with Gasteiger partial charge in [-0.05, 0) is 12.3 Å². The molecule has 86 valence electrons. The molecule has 4 atom stereocenters. The van der Waals surface area contributed by atoms with E-state index in [-0.39, 0.29) is 0 Å². The maximum Gasteiger partial charge on any atom is 0.309 e. The lowest BCUT2D eigenvalue weighted by molar-refractivity contribution is -0.176. The third-order valence-corrected chi connectivity index (χ3v) is 3.82. The van der Waals surface area contributed by atoms with Crippen LogP contribution in [-0.4, -0.2) is 30.0 Å². The third-order valence-electron chi connectivity index (χ3n) is 3.21. The topological polar surface area (TPSA) is 26.3 Å². The van der Waals surface area contributed by atoms with E-state index in [1.807, 2.05) is 0 Å². The minimum Gasteiger partial charge on any atom is -0.469 e. The number of halogens is 4. The van der Waals surface area contributed by atoms with Gasteiger partial charge in [0.1, 0.15) is 0 Å². The highest BCUT2D eigenvalue weighted by atomic mass is 35.5. The fourth-order valence-corrected chi connectivity index (χ4v) is 2.80. The van der Waals surface area contributed by atoms with Crippen LogP contribution in [0.2, 0.25) is 0 Å². The summed E-state index contributed by atoms with van der Waals surface area (Å²) in [4.78, 5) is 9.48. The molecule has 0 spiro atoms. The van der Waals surface area contributed by atoms with Gasteiger partial charge >= 0.3 is 5.97 Å². The van der Waals surface area contributed by atoms with Crippen LogP contribution in [0.1, 0.15) is 12.8 Å². The number of hydrogen-bond donors (Lipinski definition) is 0. The van der Waals surface area contributed by atoms with Crippen molar-refractivity contribution in [3.63, 3.8) is 0 Å². The van der Waals surface area contributed by atoms with Crippen molar-refractivity contribution in [3.05, 3.63) is 0 Å². The highest BCUT2D eigenvalue weighted by Gasteiger charge is 2.74. The first-order valence-electron chi connectivity index (χ1n) is 4.61. The predicted octanol–water partition coefficient (Wildman–Crippen LogP) is 2.15. The van der Waals surface area contributed by atoms with Gasteiger partial charge in [0.25, 0.3) is 5.92 Å². The fraction of sp³-hybridized carbons (Fsp3) is 0.889. The van der Waals surface area contributed by atoms with Gasteiger partial charge in [0, 0.05) is 6.42 Å². The standard InChI is InChI=1S/C9H10ClF3O2/c1-15-6(14)4-2-5(4)8(10)3-9(12,13)7(8)11/h4-5,7H,2-3H2,1H3. The van der Waals surface area contributed by atoms with Gasteiger partial charge in [-0.25, -0.2) is 13.2 Å².